The molecule has 0 bridgehead atoms. The third-order valence-electron chi connectivity index (χ3n) is 4.43. The number of hydrogen-bond donors (Lipinski definition) is 1. The summed E-state index contributed by atoms with van der Waals surface area (Å²) in [6, 6.07) is 0.429. The molecule has 1 aliphatic carbocycles. The smallest absolute Gasteiger partial charge is 0.0834 e. The average molecular weight is 253 g/mol. The molecule has 0 radical (unpaired) electrons. The molecule has 0 saturated heterocycles. The second kappa shape index (κ2) is 7.96. The zero-order valence-electron chi connectivity index (χ0n) is 12.6. The topological polar surface area (TPSA) is 21.3 Å². The monoisotopic (exact) mass is 253 g/mol. The lowest BCUT2D eigenvalue weighted by atomic mass is 9.82. The molecule has 0 aromatic carbocycles. The molecule has 0 aromatic rings. The van der Waals surface area contributed by atoms with Crippen molar-refractivity contribution in [2.45, 2.75) is 76.9 Å². The molecule has 0 heterocycles. The van der Waals surface area contributed by atoms with Crippen molar-refractivity contribution in [1.82, 2.24) is 5.32 Å². The molecule has 106 valence electrons. The zero-order valence-corrected chi connectivity index (χ0v) is 12.6. The molecule has 0 spiro atoms. The Kier molecular flexibility index (Phi) is 6.95. The zero-order chi connectivity index (χ0) is 13.4. The molecular weight excluding hydrogens is 222 g/mol. The largest absolute Gasteiger partial charge is 0.377 e. The van der Waals surface area contributed by atoms with Crippen LogP contribution < -0.4 is 5.32 Å². The van der Waals surface area contributed by atoms with E-state index in [4.69, 9.17) is 4.74 Å². The second-order valence-corrected chi connectivity index (χ2v) is 5.60. The average Bonchev–Trinajstić information content (AvgIpc) is 2.64. The number of likely N-dealkylation sites (N-methyl/N-ethyl adjacent to an activating group) is 1. The lowest BCUT2D eigenvalue weighted by Gasteiger charge is -2.40. The van der Waals surface area contributed by atoms with Crippen molar-refractivity contribution >= 4 is 0 Å². The van der Waals surface area contributed by atoms with Gasteiger partial charge in [-0.1, -0.05) is 51.7 Å². The van der Waals surface area contributed by atoms with Gasteiger partial charge in [-0.15, -0.1) is 0 Å². The molecule has 1 fully saturated rings. The normalized spacial score (nSPS) is 21.3. The van der Waals surface area contributed by atoms with Crippen LogP contribution >= 0.6 is 0 Å². The van der Waals surface area contributed by atoms with Crippen molar-refractivity contribution in [2.24, 2.45) is 0 Å². The van der Waals surface area contributed by atoms with Crippen LogP contribution in [0.15, 0.2) is 12.2 Å². The molecular formula is C16H31NO. The molecule has 1 saturated carbocycles. The molecule has 1 atom stereocenters. The molecule has 1 unspecified atom stereocenters. The molecule has 0 aromatic heterocycles. The maximum Gasteiger partial charge on any atom is 0.0834 e. The molecule has 2 heteroatoms. The highest BCUT2D eigenvalue weighted by atomic mass is 16.5. The number of hydrogen-bond acceptors (Lipinski definition) is 2. The summed E-state index contributed by atoms with van der Waals surface area (Å²) in [5.41, 5.74) is 1.37. The van der Waals surface area contributed by atoms with E-state index in [-0.39, 0.29) is 5.60 Å². The fourth-order valence-corrected chi connectivity index (χ4v) is 3.15. The van der Waals surface area contributed by atoms with Gasteiger partial charge < -0.3 is 10.1 Å². The Balaban J connectivity index is 2.79. The van der Waals surface area contributed by atoms with Gasteiger partial charge in [-0.05, 0) is 32.2 Å². The van der Waals surface area contributed by atoms with E-state index < -0.39 is 0 Å². The number of nitrogens with one attached hydrogen (secondary N) is 1. The molecule has 1 aliphatic rings. The third kappa shape index (κ3) is 4.10. The van der Waals surface area contributed by atoms with Crippen LogP contribution in [-0.2, 0) is 4.74 Å². The first-order valence-electron chi connectivity index (χ1n) is 7.63. The number of rotatable bonds is 7. The van der Waals surface area contributed by atoms with Crippen molar-refractivity contribution in [3.63, 3.8) is 0 Å². The summed E-state index contributed by atoms with van der Waals surface area (Å²) in [6.45, 7) is 9.56. The van der Waals surface area contributed by atoms with Gasteiger partial charge in [0.15, 0.2) is 0 Å². The molecule has 1 rings (SSSR count). The van der Waals surface area contributed by atoms with Crippen LogP contribution in [0, 0.1) is 0 Å². The second-order valence-electron chi connectivity index (χ2n) is 5.60. The van der Waals surface area contributed by atoms with E-state index in [1.54, 1.807) is 0 Å². The van der Waals surface area contributed by atoms with Gasteiger partial charge >= 0.3 is 0 Å². The van der Waals surface area contributed by atoms with Crippen molar-refractivity contribution in [3.8, 4) is 0 Å². The maximum absolute atomic E-state index is 6.02. The first-order valence-corrected chi connectivity index (χ1v) is 7.63. The predicted octanol–water partition coefficient (Wildman–Crippen LogP) is 4.06. The Labute approximate surface area is 113 Å². The van der Waals surface area contributed by atoms with Crippen LogP contribution in [0.2, 0.25) is 0 Å². The molecule has 0 aliphatic heterocycles. The highest BCUT2D eigenvalue weighted by molar-refractivity contribution is 5.04. The lowest BCUT2D eigenvalue weighted by molar-refractivity contribution is -0.0523. The lowest BCUT2D eigenvalue weighted by Crippen LogP contribution is -2.52. The van der Waals surface area contributed by atoms with Crippen LogP contribution in [0.3, 0.4) is 0 Å². The fourth-order valence-electron chi connectivity index (χ4n) is 3.15. The Bertz CT molecular complexity index is 241. The van der Waals surface area contributed by atoms with Gasteiger partial charge in [0.1, 0.15) is 0 Å². The van der Waals surface area contributed by atoms with Crippen LogP contribution in [-0.4, -0.2) is 25.3 Å². The summed E-state index contributed by atoms with van der Waals surface area (Å²) >= 11 is 0. The Hall–Kier alpha value is -0.340. The minimum Gasteiger partial charge on any atom is -0.377 e. The maximum atomic E-state index is 6.02. The van der Waals surface area contributed by atoms with Crippen LogP contribution in [0.5, 0.6) is 0 Å². The quantitative estimate of drug-likeness (QED) is 0.546. The summed E-state index contributed by atoms with van der Waals surface area (Å²) in [5, 5.41) is 3.65. The number of methoxy groups -OCH3 is 1. The van der Waals surface area contributed by atoms with E-state index in [1.165, 1.54) is 44.1 Å². The summed E-state index contributed by atoms with van der Waals surface area (Å²) in [7, 11) is 1.89. The highest BCUT2D eigenvalue weighted by Gasteiger charge is 2.38. The van der Waals surface area contributed by atoms with Gasteiger partial charge in [0.25, 0.3) is 0 Å². The minimum absolute atomic E-state index is 0.0324. The van der Waals surface area contributed by atoms with Crippen LogP contribution in [0.1, 0.15) is 65.2 Å². The van der Waals surface area contributed by atoms with Crippen molar-refractivity contribution in [2.75, 3.05) is 13.7 Å². The summed E-state index contributed by atoms with van der Waals surface area (Å²) < 4.78 is 6.02. The van der Waals surface area contributed by atoms with E-state index in [1.807, 2.05) is 7.11 Å². The van der Waals surface area contributed by atoms with Gasteiger partial charge in [-0.3, -0.25) is 0 Å². The molecule has 2 nitrogen and oxygen atoms in total. The first-order chi connectivity index (χ1) is 8.68. The van der Waals surface area contributed by atoms with E-state index in [0.29, 0.717) is 6.04 Å². The Morgan fingerprint density at radius 1 is 1.22 bits per heavy atom. The summed E-state index contributed by atoms with van der Waals surface area (Å²) in [5.74, 6) is 0. The van der Waals surface area contributed by atoms with E-state index in [0.717, 1.165) is 19.4 Å². The Morgan fingerprint density at radius 2 is 1.83 bits per heavy atom. The van der Waals surface area contributed by atoms with E-state index >= 15 is 0 Å². The molecule has 0 amide bonds. The van der Waals surface area contributed by atoms with Gasteiger partial charge in [0, 0.05) is 13.2 Å². The number of ether oxygens (including phenoxy) is 1. The van der Waals surface area contributed by atoms with Crippen LogP contribution in [0.25, 0.3) is 0 Å². The Morgan fingerprint density at radius 3 is 2.28 bits per heavy atom. The summed E-state index contributed by atoms with van der Waals surface area (Å²) in [4.78, 5) is 0. The van der Waals surface area contributed by atoms with Crippen LogP contribution in [0.4, 0.5) is 0 Å². The third-order valence-corrected chi connectivity index (χ3v) is 4.43. The molecule has 1 N–H and O–H groups in total. The standard InChI is InChI=1S/C16H31NO/c1-5-14(3)13-15(17-6-2)16(18-4)11-9-7-8-10-12-16/h15,17H,3,5-13H2,1-2,4H3. The highest BCUT2D eigenvalue weighted by Crippen LogP contribution is 2.35. The van der Waals surface area contributed by atoms with Gasteiger partial charge in [0.2, 0.25) is 0 Å². The van der Waals surface area contributed by atoms with E-state index in [9.17, 15) is 0 Å². The first kappa shape index (κ1) is 15.7. The van der Waals surface area contributed by atoms with E-state index in [2.05, 4.69) is 25.7 Å². The van der Waals surface area contributed by atoms with Gasteiger partial charge in [0.05, 0.1) is 5.60 Å². The van der Waals surface area contributed by atoms with Gasteiger partial charge in [-0.25, -0.2) is 0 Å². The molecule has 18 heavy (non-hydrogen) atoms. The van der Waals surface area contributed by atoms with Crippen molar-refractivity contribution in [1.29, 1.82) is 0 Å². The summed E-state index contributed by atoms with van der Waals surface area (Å²) in [6.07, 6.45) is 9.83. The SMILES string of the molecule is C=C(CC)CC(NCC)C1(OC)CCCCCC1. The fraction of sp³-hybridized carbons (Fsp3) is 0.875. The predicted molar refractivity (Wildman–Crippen MR) is 79.0 cm³/mol. The van der Waals surface area contributed by atoms with Crippen molar-refractivity contribution < 1.29 is 4.74 Å². The minimum atomic E-state index is 0.0324. The van der Waals surface area contributed by atoms with Gasteiger partial charge in [-0.2, -0.15) is 0 Å². The van der Waals surface area contributed by atoms with Crippen molar-refractivity contribution in [3.05, 3.63) is 12.2 Å².